The quantitative estimate of drug-likeness (QED) is 0.197. The van der Waals surface area contributed by atoms with E-state index in [1.807, 2.05) is 0 Å². The van der Waals surface area contributed by atoms with Crippen molar-refractivity contribution in [2.24, 2.45) is 0 Å². The predicted molar refractivity (Wildman–Crippen MR) is 206 cm³/mol. The number of rotatable bonds is 14. The minimum atomic E-state index is -0.626. The molecule has 2 unspecified atom stereocenters. The van der Waals surface area contributed by atoms with Crippen LogP contribution in [0.3, 0.4) is 0 Å². The lowest BCUT2D eigenvalue weighted by molar-refractivity contribution is 0.0375. The Balaban J connectivity index is 2.62. The molecule has 1 heterocycles. The monoisotopic (exact) mass is 568 g/mol. The van der Waals surface area contributed by atoms with E-state index < -0.39 is 25.8 Å². The second-order valence-electron chi connectivity index (χ2n) is 11.6. The highest BCUT2D eigenvalue weighted by atomic mass is 16.5. The van der Waals surface area contributed by atoms with E-state index in [0.717, 1.165) is 52.1 Å². The molecule has 6 nitrogen and oxygen atoms in total. The van der Waals surface area contributed by atoms with Crippen LogP contribution in [0.1, 0.15) is 25.7 Å². The third-order valence-corrected chi connectivity index (χ3v) is 8.23. The fraction of sp³-hybridized carbons (Fsp3) is 1.00. The number of ether oxygens (including phenoxy) is 4. The number of hydrogen-bond acceptors (Lipinski definition) is 6. The van der Waals surface area contributed by atoms with Crippen molar-refractivity contribution in [2.45, 2.75) is 37.1 Å². The maximum absolute atomic E-state index is 6.06. The van der Waals surface area contributed by atoms with Gasteiger partial charge >= 0.3 is 0 Å². The normalized spacial score (nSPS) is 19.1. The van der Waals surface area contributed by atoms with E-state index in [0.29, 0.717) is 65.7 Å². The van der Waals surface area contributed by atoms with Crippen molar-refractivity contribution in [1.29, 1.82) is 0 Å². The Kier molecular flexibility index (Phi) is 26.2. The molecule has 0 aromatic rings. The van der Waals surface area contributed by atoms with E-state index in [1.165, 1.54) is 14.1 Å². The van der Waals surface area contributed by atoms with E-state index in [9.17, 15) is 0 Å². The molecule has 2 atom stereocenters. The van der Waals surface area contributed by atoms with Crippen LogP contribution in [-0.2, 0) is 18.9 Å². The Bertz CT molecular complexity index is 608. The highest BCUT2D eigenvalue weighted by Crippen LogP contribution is 2.18. The molecule has 0 spiro atoms. The van der Waals surface area contributed by atoms with Gasteiger partial charge in [-0.05, 0) is 25.9 Å². The van der Waals surface area contributed by atoms with Crippen molar-refractivity contribution in [2.75, 3.05) is 92.1 Å². The summed E-state index contributed by atoms with van der Waals surface area (Å²) in [5.41, 5.74) is -0.281. The Morgan fingerprint density at radius 2 is 0.795 bits per heavy atom. The van der Waals surface area contributed by atoms with Crippen molar-refractivity contribution in [3.05, 3.63) is 0 Å². The van der Waals surface area contributed by atoms with Crippen LogP contribution in [0.25, 0.3) is 0 Å². The molecule has 0 bridgehead atoms. The SMILES string of the molecule is [B][B]B(B([B])[B])C(CCN1CCOCCCOCCN(CCC(B([B])[B])B([B][B])B([B])[B])CCOCCCOCC1)B([B])[B]. The molecule has 1 fully saturated rings. The van der Waals surface area contributed by atoms with Gasteiger partial charge in [0.05, 0.1) is 26.4 Å². The molecule has 0 saturated carbocycles. The summed E-state index contributed by atoms with van der Waals surface area (Å²) >= 11 is 0. The molecule has 0 aromatic carbocycles. The molecule has 24 heteroatoms. The smallest absolute Gasteiger partial charge is 0.0593 e. The van der Waals surface area contributed by atoms with E-state index in [2.05, 4.69) is 9.80 Å². The molecule has 44 heavy (non-hydrogen) atoms. The lowest BCUT2D eigenvalue weighted by Gasteiger charge is -2.33. The molecule has 1 aliphatic heterocycles. The first-order chi connectivity index (χ1) is 21.1. The summed E-state index contributed by atoms with van der Waals surface area (Å²) in [7, 11) is 62.5. The molecule has 0 aromatic heterocycles. The predicted octanol–water partition coefficient (Wildman–Crippen LogP) is -4.93. The van der Waals surface area contributed by atoms with Crippen molar-refractivity contribution in [3.8, 4) is 0 Å². The Hall–Kier alpha value is 0.929. The van der Waals surface area contributed by atoms with Gasteiger partial charge in [-0.25, -0.2) is 0 Å². The van der Waals surface area contributed by atoms with Gasteiger partial charge in [0.1, 0.15) is 0 Å². The second kappa shape index (κ2) is 26.8. The average Bonchev–Trinajstić information content (AvgIpc) is 2.96. The van der Waals surface area contributed by atoms with Crippen LogP contribution in [0.2, 0.25) is 11.4 Å². The van der Waals surface area contributed by atoms with Gasteiger partial charge in [0.15, 0.2) is 0 Å². The van der Waals surface area contributed by atoms with Crippen LogP contribution in [0, 0.1) is 0 Å². The van der Waals surface area contributed by atoms with Gasteiger partial charge in [0.25, 0.3) is 0 Å². The first kappa shape index (κ1) is 43.0. The zero-order valence-corrected chi connectivity index (χ0v) is 26.8. The molecule has 1 saturated heterocycles. The summed E-state index contributed by atoms with van der Waals surface area (Å²) in [6.07, 6.45) is 1.74. The molecular formula is C20H38B18N2O4. The van der Waals surface area contributed by atoms with Crippen LogP contribution in [0.4, 0.5) is 0 Å². The molecule has 1 aliphatic rings. The summed E-state index contributed by atoms with van der Waals surface area (Å²) in [5, 5.41) is 0. The number of hydrogen-bond donors (Lipinski definition) is 0. The van der Waals surface area contributed by atoms with Gasteiger partial charge < -0.3 is 18.9 Å². The van der Waals surface area contributed by atoms with Crippen LogP contribution in [0.15, 0.2) is 0 Å². The first-order valence-corrected chi connectivity index (χ1v) is 16.0. The molecule has 206 valence electrons. The second-order valence-corrected chi connectivity index (χ2v) is 11.6. The zero-order valence-electron chi connectivity index (χ0n) is 26.8. The van der Waals surface area contributed by atoms with Crippen molar-refractivity contribution in [3.63, 3.8) is 0 Å². The summed E-state index contributed by atoms with van der Waals surface area (Å²) in [6, 6.07) is 0. The Morgan fingerprint density at radius 3 is 1.02 bits per heavy atom. The molecule has 0 aliphatic carbocycles. The fourth-order valence-corrected chi connectivity index (χ4v) is 5.44. The fourth-order valence-electron chi connectivity index (χ4n) is 5.44. The third-order valence-electron chi connectivity index (χ3n) is 8.23. The summed E-state index contributed by atoms with van der Waals surface area (Å²) in [4.78, 5) is 4.56. The van der Waals surface area contributed by atoms with Crippen LogP contribution in [-0.4, -0.2) is 232 Å². The van der Waals surface area contributed by atoms with E-state index in [4.69, 9.17) is 96.3 Å². The molecule has 22 radical (unpaired) electrons. The largest absolute Gasteiger partial charge is 0.380 e. The molecule has 1 rings (SSSR count). The highest BCUT2D eigenvalue weighted by molar-refractivity contribution is 7.74. The minimum Gasteiger partial charge on any atom is -0.380 e. The lowest BCUT2D eigenvalue weighted by atomic mass is 8.76. The highest BCUT2D eigenvalue weighted by Gasteiger charge is 2.29. The summed E-state index contributed by atoms with van der Waals surface area (Å²) < 4.78 is 23.6. The summed E-state index contributed by atoms with van der Waals surface area (Å²) in [6.45, 7) is 7.50. The maximum atomic E-state index is 6.06. The van der Waals surface area contributed by atoms with Gasteiger partial charge in [0.2, 0.25) is 0 Å². The first-order valence-electron chi connectivity index (χ1n) is 16.0. The van der Waals surface area contributed by atoms with E-state index in [1.54, 1.807) is 0 Å². The van der Waals surface area contributed by atoms with Gasteiger partial charge in [-0.15, -0.1) is 11.4 Å². The number of nitrogens with zero attached hydrogens (tertiary/aromatic N) is 2. The lowest BCUT2D eigenvalue weighted by Crippen LogP contribution is -2.52. The van der Waals surface area contributed by atoms with Crippen LogP contribution >= 0.6 is 0 Å². The van der Waals surface area contributed by atoms with E-state index >= 15 is 0 Å². The minimum absolute atomic E-state index is 0.140. The van der Waals surface area contributed by atoms with Gasteiger partial charge in [0, 0.05) is 183 Å². The molecule has 0 amide bonds. The maximum Gasteiger partial charge on any atom is 0.0593 e. The summed E-state index contributed by atoms with van der Waals surface area (Å²) in [5.74, 6) is 0. The van der Waals surface area contributed by atoms with Crippen molar-refractivity contribution in [1.82, 2.24) is 9.80 Å². The van der Waals surface area contributed by atoms with Crippen molar-refractivity contribution >= 4 is 130 Å². The molecule has 0 N–H and O–H groups in total. The standard InChI is InChI=1S/C20H38B18N2O4/c21-31-35(37(27)28)19(33(23)24)3-5-39-7-15-41-11-1-12-42-16-8-40(10-18-44-14-2-13-43-17-9-39)6-4-20(34(25)26)36(32-22)38(29)30/h19-20H,1-18H2. The Morgan fingerprint density at radius 1 is 0.500 bits per heavy atom. The Labute approximate surface area is 287 Å². The van der Waals surface area contributed by atoms with Gasteiger partial charge in [-0.1, -0.05) is 12.8 Å². The topological polar surface area (TPSA) is 43.4 Å². The third kappa shape index (κ3) is 19.1. The van der Waals surface area contributed by atoms with Crippen molar-refractivity contribution < 1.29 is 18.9 Å². The average molecular weight is 565 g/mol. The van der Waals surface area contributed by atoms with Crippen LogP contribution < -0.4 is 0 Å². The van der Waals surface area contributed by atoms with Crippen LogP contribution in [0.5, 0.6) is 0 Å². The van der Waals surface area contributed by atoms with Gasteiger partial charge in [-0.3, -0.25) is 9.80 Å². The molecular weight excluding hydrogens is 527 g/mol. The van der Waals surface area contributed by atoms with Gasteiger partial charge in [-0.2, -0.15) is 0 Å². The van der Waals surface area contributed by atoms with E-state index in [-0.39, 0.29) is 24.4 Å². The zero-order chi connectivity index (χ0) is 32.7.